The second-order valence-electron chi connectivity index (χ2n) is 9.73. The smallest absolute Gasteiger partial charge is 0.227 e. The summed E-state index contributed by atoms with van der Waals surface area (Å²) in [5, 5.41) is 1.16. The van der Waals surface area contributed by atoms with E-state index in [0.717, 1.165) is 40.1 Å². The molecule has 9 nitrogen and oxygen atoms in total. The van der Waals surface area contributed by atoms with Gasteiger partial charge in [0, 0.05) is 76.3 Å². The zero-order valence-corrected chi connectivity index (χ0v) is 21.1. The van der Waals surface area contributed by atoms with Crippen LogP contribution in [0, 0.1) is 0 Å². The Hall–Kier alpha value is -3.46. The number of anilines is 3. The van der Waals surface area contributed by atoms with Crippen LogP contribution in [0.1, 0.15) is 38.1 Å². The second kappa shape index (κ2) is 8.96. The van der Waals surface area contributed by atoms with Crippen molar-refractivity contribution in [2.24, 2.45) is 7.05 Å². The predicted molar refractivity (Wildman–Crippen MR) is 137 cm³/mol. The Labute approximate surface area is 205 Å². The number of amides is 1. The average molecular weight is 476 g/mol. The van der Waals surface area contributed by atoms with E-state index in [1.54, 1.807) is 6.92 Å². The Morgan fingerprint density at radius 3 is 2.49 bits per heavy atom. The van der Waals surface area contributed by atoms with Gasteiger partial charge in [-0.3, -0.25) is 9.69 Å². The van der Waals surface area contributed by atoms with Crippen LogP contribution in [0.15, 0.2) is 30.3 Å². The maximum atomic E-state index is 12.2. The largest absolute Gasteiger partial charge is 0.339 e. The molecule has 35 heavy (non-hydrogen) atoms. The van der Waals surface area contributed by atoms with Crippen molar-refractivity contribution in [3.05, 3.63) is 41.6 Å². The molecule has 1 amide bonds. The number of hydrogen-bond acceptors (Lipinski definition) is 7. The summed E-state index contributed by atoms with van der Waals surface area (Å²) >= 11 is 0. The van der Waals surface area contributed by atoms with Gasteiger partial charge < -0.3 is 24.1 Å². The van der Waals surface area contributed by atoms with Crippen LogP contribution in [0.3, 0.4) is 0 Å². The van der Waals surface area contributed by atoms with E-state index < -0.39 is 6.04 Å². The maximum absolute atomic E-state index is 12.2. The van der Waals surface area contributed by atoms with Crippen LogP contribution in [0.2, 0.25) is 0 Å². The summed E-state index contributed by atoms with van der Waals surface area (Å²) < 4.78 is 2.17. The highest BCUT2D eigenvalue weighted by Crippen LogP contribution is 2.40. The number of aryl methyl sites for hydroxylation is 1. The number of benzene rings is 1. The summed E-state index contributed by atoms with van der Waals surface area (Å²) in [6, 6.07) is 10.3. The molecular formula is C26H33N7O2. The van der Waals surface area contributed by atoms with E-state index in [9.17, 15) is 9.59 Å². The maximum Gasteiger partial charge on any atom is 0.227 e. The molecule has 1 aromatic carbocycles. The van der Waals surface area contributed by atoms with Crippen molar-refractivity contribution in [2.45, 2.75) is 39.4 Å². The van der Waals surface area contributed by atoms with E-state index in [1.165, 1.54) is 0 Å². The van der Waals surface area contributed by atoms with E-state index in [4.69, 9.17) is 9.97 Å². The molecule has 9 heteroatoms. The van der Waals surface area contributed by atoms with Crippen molar-refractivity contribution in [3.63, 3.8) is 0 Å². The van der Waals surface area contributed by atoms with Crippen LogP contribution in [-0.4, -0.2) is 75.8 Å². The van der Waals surface area contributed by atoms with E-state index in [-0.39, 0.29) is 11.9 Å². The molecule has 1 atom stereocenters. The van der Waals surface area contributed by atoms with Gasteiger partial charge in [-0.25, -0.2) is 4.98 Å². The molecule has 4 heterocycles. The van der Waals surface area contributed by atoms with Crippen LogP contribution >= 0.6 is 0 Å². The van der Waals surface area contributed by atoms with Crippen LogP contribution in [0.25, 0.3) is 10.9 Å². The zero-order chi connectivity index (χ0) is 24.9. The molecule has 3 aromatic rings. The van der Waals surface area contributed by atoms with E-state index in [2.05, 4.69) is 58.4 Å². The topological polar surface area (TPSA) is 77.8 Å². The Balaban J connectivity index is 1.60. The minimum Gasteiger partial charge on any atom is -0.339 e. The average Bonchev–Trinajstić information content (AvgIpc) is 3.41. The van der Waals surface area contributed by atoms with Crippen LogP contribution < -0.4 is 9.80 Å². The molecule has 184 valence electrons. The van der Waals surface area contributed by atoms with Gasteiger partial charge in [0.15, 0.2) is 0 Å². The van der Waals surface area contributed by atoms with Gasteiger partial charge in [0.05, 0.1) is 5.69 Å². The molecule has 0 radical (unpaired) electrons. The van der Waals surface area contributed by atoms with Gasteiger partial charge in [-0.1, -0.05) is 18.2 Å². The van der Waals surface area contributed by atoms with Gasteiger partial charge in [0.1, 0.15) is 24.0 Å². The van der Waals surface area contributed by atoms with Gasteiger partial charge in [-0.05, 0) is 26.0 Å². The number of carbonyl (C=O) groups excluding carboxylic acids is 2. The van der Waals surface area contributed by atoms with Crippen molar-refractivity contribution in [1.82, 2.24) is 24.3 Å². The van der Waals surface area contributed by atoms with Crippen molar-refractivity contribution in [3.8, 4) is 0 Å². The molecule has 1 saturated heterocycles. The summed E-state index contributed by atoms with van der Waals surface area (Å²) in [6.45, 7) is 9.03. The number of para-hydroxylation sites is 1. The van der Waals surface area contributed by atoms with Crippen molar-refractivity contribution in [2.75, 3.05) is 43.0 Å². The minimum absolute atomic E-state index is 0.0873. The lowest BCUT2D eigenvalue weighted by Crippen LogP contribution is -2.48. The number of fused-ring (bicyclic) bond motifs is 2. The van der Waals surface area contributed by atoms with Gasteiger partial charge in [0.2, 0.25) is 11.9 Å². The second-order valence-corrected chi connectivity index (χ2v) is 9.73. The number of piperazine rings is 1. The molecule has 2 aliphatic heterocycles. The molecule has 0 bridgehead atoms. The molecule has 2 aromatic heterocycles. The van der Waals surface area contributed by atoms with Crippen molar-refractivity contribution >= 4 is 40.7 Å². The van der Waals surface area contributed by atoms with Gasteiger partial charge >= 0.3 is 0 Å². The van der Waals surface area contributed by atoms with Gasteiger partial charge in [0.25, 0.3) is 0 Å². The summed E-state index contributed by atoms with van der Waals surface area (Å²) in [4.78, 5) is 42.3. The first-order valence-corrected chi connectivity index (χ1v) is 12.2. The summed E-state index contributed by atoms with van der Waals surface area (Å²) in [7, 11) is 4.09. The molecule has 5 rings (SSSR count). The Morgan fingerprint density at radius 2 is 1.86 bits per heavy atom. The molecule has 1 fully saturated rings. The Kier molecular flexibility index (Phi) is 5.96. The number of carbonyl (C=O) groups is 2. The van der Waals surface area contributed by atoms with Gasteiger partial charge in [-0.2, -0.15) is 4.98 Å². The molecule has 2 aliphatic rings. The fourth-order valence-electron chi connectivity index (χ4n) is 5.30. The SMILES string of the molecule is CC(=O)N1CCN(c2nc3c(c(N(C)c4cc5ccccc5n4C)n2)CN(C(C)C)C3C=O)CC1. The number of nitrogens with zero attached hydrogens (tertiary/aromatic N) is 7. The quantitative estimate of drug-likeness (QED) is 0.525. The highest BCUT2D eigenvalue weighted by atomic mass is 16.2. The summed E-state index contributed by atoms with van der Waals surface area (Å²) in [5.74, 6) is 2.54. The lowest BCUT2D eigenvalue weighted by molar-refractivity contribution is -0.129. The van der Waals surface area contributed by atoms with E-state index >= 15 is 0 Å². The lowest BCUT2D eigenvalue weighted by Gasteiger charge is -2.35. The standard InChI is InChI=1S/C26H33N7O2/c1-17(2)33-15-20-24(22(33)16-34)27-26(32-12-10-31(11-13-32)18(3)35)28-25(20)30(5)23-14-19-8-6-7-9-21(19)29(23)4/h6-9,14,16-17,22H,10-13,15H2,1-5H3. The van der Waals surface area contributed by atoms with Gasteiger partial charge in [-0.15, -0.1) is 0 Å². The Bertz CT molecular complexity index is 1280. The third kappa shape index (κ3) is 3.93. The third-order valence-electron chi connectivity index (χ3n) is 7.37. The first kappa shape index (κ1) is 23.3. The molecule has 0 N–H and O–H groups in total. The predicted octanol–water partition coefficient (Wildman–Crippen LogP) is 2.87. The molecule has 1 unspecified atom stereocenters. The fourth-order valence-corrected chi connectivity index (χ4v) is 5.30. The highest BCUT2D eigenvalue weighted by Gasteiger charge is 2.38. The fraction of sp³-hybridized carbons (Fsp3) is 0.462. The molecule has 0 saturated carbocycles. The third-order valence-corrected chi connectivity index (χ3v) is 7.37. The minimum atomic E-state index is -0.398. The van der Waals surface area contributed by atoms with Crippen molar-refractivity contribution in [1.29, 1.82) is 0 Å². The van der Waals surface area contributed by atoms with E-state index in [1.807, 2.05) is 24.1 Å². The number of aromatic nitrogens is 3. The van der Waals surface area contributed by atoms with Crippen LogP contribution in [0.4, 0.5) is 17.6 Å². The molecule has 0 spiro atoms. The van der Waals surface area contributed by atoms with E-state index in [0.29, 0.717) is 38.7 Å². The zero-order valence-electron chi connectivity index (χ0n) is 21.1. The first-order chi connectivity index (χ1) is 16.8. The van der Waals surface area contributed by atoms with Crippen LogP contribution in [-0.2, 0) is 23.2 Å². The Morgan fingerprint density at radius 1 is 1.14 bits per heavy atom. The van der Waals surface area contributed by atoms with Crippen LogP contribution in [0.5, 0.6) is 0 Å². The lowest BCUT2D eigenvalue weighted by atomic mass is 10.1. The number of hydrogen-bond donors (Lipinski definition) is 0. The highest BCUT2D eigenvalue weighted by molar-refractivity contribution is 5.86. The molecule has 0 aliphatic carbocycles. The number of rotatable bonds is 5. The molecular weight excluding hydrogens is 442 g/mol. The summed E-state index contributed by atoms with van der Waals surface area (Å²) in [6.07, 6.45) is 0.997. The number of aldehydes is 1. The van der Waals surface area contributed by atoms with Crippen molar-refractivity contribution < 1.29 is 9.59 Å². The summed E-state index contributed by atoms with van der Waals surface area (Å²) in [5.41, 5.74) is 2.93. The first-order valence-electron chi connectivity index (χ1n) is 12.2. The monoisotopic (exact) mass is 475 g/mol. The normalized spacial score (nSPS) is 18.4.